The van der Waals surface area contributed by atoms with Crippen molar-refractivity contribution < 1.29 is 4.39 Å². The van der Waals surface area contributed by atoms with Crippen LogP contribution in [-0.4, -0.2) is 22.7 Å². The van der Waals surface area contributed by atoms with Crippen LogP contribution in [0.2, 0.25) is 0 Å². The van der Waals surface area contributed by atoms with E-state index >= 15 is 0 Å². The number of nitrogens with one attached hydrogen (secondary N) is 1. The van der Waals surface area contributed by atoms with Gasteiger partial charge in [-0.1, -0.05) is 18.2 Å². The normalized spacial score (nSPS) is 13.4. The predicted molar refractivity (Wildman–Crippen MR) is 77.8 cm³/mol. The summed E-state index contributed by atoms with van der Waals surface area (Å²) in [5, 5.41) is 2.95. The van der Waals surface area contributed by atoms with Crippen molar-refractivity contribution in [1.29, 1.82) is 0 Å². The van der Waals surface area contributed by atoms with Crippen molar-refractivity contribution in [2.75, 3.05) is 11.9 Å². The second kappa shape index (κ2) is 5.21. The van der Waals surface area contributed by atoms with Gasteiger partial charge in [0.05, 0.1) is 12.7 Å². The number of aliphatic imine (C=N–C) groups is 1. The highest BCUT2D eigenvalue weighted by Crippen LogP contribution is 2.21. The molecule has 2 heterocycles. The van der Waals surface area contributed by atoms with Crippen LogP contribution in [-0.2, 0) is 0 Å². The lowest BCUT2D eigenvalue weighted by Crippen LogP contribution is -2.00. The van der Waals surface area contributed by atoms with Crippen LogP contribution in [0.25, 0.3) is 5.57 Å². The van der Waals surface area contributed by atoms with Crippen LogP contribution in [0, 0.1) is 12.7 Å². The second-order valence-corrected chi connectivity index (χ2v) is 4.47. The average Bonchev–Trinajstić information content (AvgIpc) is 2.98. The molecule has 0 unspecified atom stereocenters. The van der Waals surface area contributed by atoms with Crippen LogP contribution in [0.4, 0.5) is 15.9 Å². The fourth-order valence-corrected chi connectivity index (χ4v) is 1.97. The molecule has 0 amide bonds. The minimum absolute atomic E-state index is 0.187. The lowest BCUT2D eigenvalue weighted by atomic mass is 10.1. The summed E-state index contributed by atoms with van der Waals surface area (Å²) in [6.07, 6.45) is 5.09. The summed E-state index contributed by atoms with van der Waals surface area (Å²) in [5.74, 6) is 0.245. The standard InChI is InChI=1S/C15H13FN4/c1-10-18-9-14(16)15(19-10)20-13-4-2-11(3-5-13)12-6-7-17-8-12/h2-6,8-9H,7H2,1H3,(H,18,19,20). The first-order valence-corrected chi connectivity index (χ1v) is 6.29. The predicted octanol–water partition coefficient (Wildman–Crippen LogP) is 3.14. The molecule has 0 atom stereocenters. The zero-order valence-electron chi connectivity index (χ0n) is 11.0. The van der Waals surface area contributed by atoms with Crippen molar-refractivity contribution in [1.82, 2.24) is 9.97 Å². The van der Waals surface area contributed by atoms with E-state index in [0.29, 0.717) is 5.82 Å². The van der Waals surface area contributed by atoms with Crippen molar-refractivity contribution in [2.24, 2.45) is 4.99 Å². The summed E-state index contributed by atoms with van der Waals surface area (Å²) in [7, 11) is 0. The zero-order valence-corrected chi connectivity index (χ0v) is 11.0. The van der Waals surface area contributed by atoms with Crippen molar-refractivity contribution in [3.8, 4) is 0 Å². The first kappa shape index (κ1) is 12.5. The van der Waals surface area contributed by atoms with Gasteiger partial charge in [0.2, 0.25) is 0 Å². The molecule has 1 N–H and O–H groups in total. The lowest BCUT2D eigenvalue weighted by molar-refractivity contribution is 0.616. The van der Waals surface area contributed by atoms with E-state index in [1.54, 1.807) is 6.92 Å². The minimum Gasteiger partial charge on any atom is -0.338 e. The molecule has 0 bridgehead atoms. The number of hydrogen-bond acceptors (Lipinski definition) is 4. The van der Waals surface area contributed by atoms with Gasteiger partial charge in [0.25, 0.3) is 0 Å². The third-order valence-corrected chi connectivity index (χ3v) is 2.99. The first-order chi connectivity index (χ1) is 9.72. The Kier molecular flexibility index (Phi) is 3.25. The van der Waals surface area contributed by atoms with Crippen LogP contribution in [0.1, 0.15) is 11.4 Å². The highest BCUT2D eigenvalue weighted by atomic mass is 19.1. The van der Waals surface area contributed by atoms with Crippen LogP contribution < -0.4 is 5.32 Å². The van der Waals surface area contributed by atoms with Crippen molar-refractivity contribution in [3.63, 3.8) is 0 Å². The summed E-state index contributed by atoms with van der Waals surface area (Å²) in [6, 6.07) is 7.72. The molecule has 0 radical (unpaired) electrons. The van der Waals surface area contributed by atoms with Gasteiger partial charge in [-0.3, -0.25) is 4.99 Å². The first-order valence-electron chi connectivity index (χ1n) is 6.29. The van der Waals surface area contributed by atoms with E-state index in [2.05, 4.69) is 26.4 Å². The van der Waals surface area contributed by atoms with Gasteiger partial charge in [-0.05, 0) is 30.2 Å². The molecule has 5 heteroatoms. The van der Waals surface area contributed by atoms with Crippen LogP contribution in [0.3, 0.4) is 0 Å². The van der Waals surface area contributed by atoms with E-state index in [4.69, 9.17) is 0 Å². The molecule has 3 rings (SSSR count). The molecule has 1 aliphatic heterocycles. The van der Waals surface area contributed by atoms with Gasteiger partial charge in [0.15, 0.2) is 11.6 Å². The molecule has 1 aliphatic rings. The third-order valence-electron chi connectivity index (χ3n) is 2.99. The molecule has 0 spiro atoms. The molecule has 1 aromatic carbocycles. The van der Waals surface area contributed by atoms with Gasteiger partial charge in [-0.2, -0.15) is 0 Å². The van der Waals surface area contributed by atoms with Crippen LogP contribution >= 0.6 is 0 Å². The van der Waals surface area contributed by atoms with Gasteiger partial charge in [-0.15, -0.1) is 0 Å². The molecule has 1 aromatic heterocycles. The summed E-state index contributed by atoms with van der Waals surface area (Å²) < 4.78 is 13.6. The average molecular weight is 268 g/mol. The van der Waals surface area contributed by atoms with Crippen molar-refractivity contribution in [3.05, 3.63) is 53.7 Å². The summed E-state index contributed by atoms with van der Waals surface area (Å²) in [6.45, 7) is 2.46. The molecule has 0 fully saturated rings. The number of nitrogens with zero attached hydrogens (tertiary/aromatic N) is 3. The van der Waals surface area contributed by atoms with E-state index in [0.717, 1.165) is 23.4 Å². The number of rotatable bonds is 3. The molecule has 20 heavy (non-hydrogen) atoms. The van der Waals surface area contributed by atoms with Crippen molar-refractivity contribution >= 4 is 23.3 Å². The number of aryl methyl sites for hydroxylation is 1. The Hall–Kier alpha value is -2.56. The van der Waals surface area contributed by atoms with Crippen molar-refractivity contribution in [2.45, 2.75) is 6.92 Å². The van der Waals surface area contributed by atoms with Gasteiger partial charge in [0.1, 0.15) is 5.82 Å². The SMILES string of the molecule is Cc1ncc(F)c(Nc2ccc(C3=CCN=C3)cc2)n1. The van der Waals surface area contributed by atoms with Gasteiger partial charge in [-0.25, -0.2) is 14.4 Å². The molecular weight excluding hydrogens is 255 g/mol. The molecule has 0 saturated carbocycles. The summed E-state index contributed by atoms with van der Waals surface area (Å²) in [4.78, 5) is 12.0. The Morgan fingerprint density at radius 1 is 1.20 bits per heavy atom. The zero-order chi connectivity index (χ0) is 13.9. The number of hydrogen-bond donors (Lipinski definition) is 1. The quantitative estimate of drug-likeness (QED) is 0.930. The highest BCUT2D eigenvalue weighted by Gasteiger charge is 2.06. The van der Waals surface area contributed by atoms with E-state index in [-0.39, 0.29) is 5.82 Å². The molecule has 100 valence electrons. The van der Waals surface area contributed by atoms with Gasteiger partial charge < -0.3 is 5.32 Å². The topological polar surface area (TPSA) is 50.2 Å². The molecule has 2 aromatic rings. The monoisotopic (exact) mass is 268 g/mol. The molecule has 0 saturated heterocycles. The van der Waals surface area contributed by atoms with E-state index in [1.165, 1.54) is 6.20 Å². The number of halogens is 1. The molecule has 4 nitrogen and oxygen atoms in total. The second-order valence-electron chi connectivity index (χ2n) is 4.47. The highest BCUT2D eigenvalue weighted by molar-refractivity contribution is 6.11. The van der Waals surface area contributed by atoms with Gasteiger partial charge in [0, 0.05) is 11.9 Å². The van der Waals surface area contributed by atoms with Crippen LogP contribution in [0.15, 0.2) is 41.5 Å². The number of benzene rings is 1. The van der Waals surface area contributed by atoms with E-state index in [1.807, 2.05) is 30.5 Å². The number of aromatic nitrogens is 2. The fraction of sp³-hybridized carbons (Fsp3) is 0.133. The van der Waals surface area contributed by atoms with E-state index < -0.39 is 5.82 Å². The third kappa shape index (κ3) is 2.56. The Balaban J connectivity index is 1.81. The lowest BCUT2D eigenvalue weighted by Gasteiger charge is -2.08. The summed E-state index contributed by atoms with van der Waals surface area (Å²) >= 11 is 0. The smallest absolute Gasteiger partial charge is 0.184 e. The van der Waals surface area contributed by atoms with E-state index in [9.17, 15) is 4.39 Å². The van der Waals surface area contributed by atoms with Crippen LogP contribution in [0.5, 0.6) is 0 Å². The minimum atomic E-state index is -0.467. The van der Waals surface area contributed by atoms with Gasteiger partial charge >= 0.3 is 0 Å². The number of allylic oxidation sites excluding steroid dienone is 1. The Labute approximate surface area is 116 Å². The maximum Gasteiger partial charge on any atom is 0.184 e. The fourth-order valence-electron chi connectivity index (χ4n) is 1.97. The maximum absolute atomic E-state index is 13.6. The maximum atomic E-state index is 13.6. The Bertz CT molecular complexity index is 690. The molecular formula is C15H13FN4. The Morgan fingerprint density at radius 3 is 2.70 bits per heavy atom. The largest absolute Gasteiger partial charge is 0.338 e. The Morgan fingerprint density at radius 2 is 2.00 bits per heavy atom. The summed E-state index contributed by atoms with van der Waals surface area (Å²) in [5.41, 5.74) is 2.98. The number of anilines is 2. The molecule has 0 aliphatic carbocycles.